The molecule has 0 aromatic heterocycles. The van der Waals surface area contributed by atoms with Crippen molar-refractivity contribution in [2.45, 2.75) is 26.7 Å². The first-order valence-electron chi connectivity index (χ1n) is 5.69. The van der Waals surface area contributed by atoms with Gasteiger partial charge in [-0.2, -0.15) is 0 Å². The minimum atomic E-state index is -3.16. The normalized spacial score (nSPS) is 17.9. The van der Waals surface area contributed by atoms with Crippen LogP contribution < -0.4 is 5.32 Å². The minimum Gasteiger partial charge on any atom is -0.355 e. The van der Waals surface area contributed by atoms with E-state index in [1.54, 1.807) is 13.8 Å². The van der Waals surface area contributed by atoms with Crippen LogP contribution in [0.2, 0.25) is 0 Å². The Morgan fingerprint density at radius 3 is 2.38 bits per heavy atom. The molecule has 1 amide bonds. The van der Waals surface area contributed by atoms with E-state index in [0.29, 0.717) is 13.1 Å². The Hall–Kier alpha value is -0.620. The predicted octanol–water partition coefficient (Wildman–Crippen LogP) is 0.184. The molecule has 94 valence electrons. The van der Waals surface area contributed by atoms with Gasteiger partial charge in [-0.3, -0.25) is 4.79 Å². The third-order valence-electron chi connectivity index (χ3n) is 2.64. The summed E-state index contributed by atoms with van der Waals surface area (Å²) >= 11 is 0. The highest BCUT2D eigenvalue weighted by Gasteiger charge is 2.24. The summed E-state index contributed by atoms with van der Waals surface area (Å²) in [6.07, 6.45) is 1.88. The fourth-order valence-electron chi connectivity index (χ4n) is 1.60. The molecule has 0 aromatic carbocycles. The molecule has 0 atom stereocenters. The average molecular weight is 248 g/mol. The topological polar surface area (TPSA) is 66.5 Å². The smallest absolute Gasteiger partial charge is 0.222 e. The maximum absolute atomic E-state index is 11.8. The molecule has 1 heterocycles. The van der Waals surface area contributed by atoms with Gasteiger partial charge < -0.3 is 5.32 Å². The molecule has 0 saturated carbocycles. The number of hydrogen-bond donors (Lipinski definition) is 1. The van der Waals surface area contributed by atoms with E-state index in [4.69, 9.17) is 0 Å². The highest BCUT2D eigenvalue weighted by molar-refractivity contribution is 7.89. The van der Waals surface area contributed by atoms with Crippen LogP contribution in [-0.4, -0.2) is 44.0 Å². The molecule has 1 saturated heterocycles. The van der Waals surface area contributed by atoms with Gasteiger partial charge in [0.25, 0.3) is 0 Å². The van der Waals surface area contributed by atoms with Crippen molar-refractivity contribution in [3.05, 3.63) is 0 Å². The van der Waals surface area contributed by atoms with Crippen LogP contribution in [0, 0.1) is 5.92 Å². The van der Waals surface area contributed by atoms with E-state index in [-0.39, 0.29) is 24.1 Å². The molecular formula is C10H20N2O3S. The summed E-state index contributed by atoms with van der Waals surface area (Å²) in [5.41, 5.74) is 0. The Bertz CT molecular complexity index is 332. The summed E-state index contributed by atoms with van der Waals surface area (Å²) in [6, 6.07) is 0. The van der Waals surface area contributed by atoms with E-state index in [1.807, 2.05) is 0 Å². The molecule has 1 N–H and O–H groups in total. The lowest BCUT2D eigenvalue weighted by molar-refractivity contribution is -0.123. The third kappa shape index (κ3) is 3.75. The van der Waals surface area contributed by atoms with Crippen LogP contribution in [0.25, 0.3) is 0 Å². The zero-order valence-electron chi connectivity index (χ0n) is 9.90. The van der Waals surface area contributed by atoms with Gasteiger partial charge in [-0.15, -0.1) is 0 Å². The number of sulfonamides is 1. The van der Waals surface area contributed by atoms with Gasteiger partial charge in [-0.1, -0.05) is 13.8 Å². The van der Waals surface area contributed by atoms with Crippen LogP contribution >= 0.6 is 0 Å². The van der Waals surface area contributed by atoms with Crippen LogP contribution in [0.5, 0.6) is 0 Å². The van der Waals surface area contributed by atoms with E-state index in [1.165, 1.54) is 4.31 Å². The lowest BCUT2D eigenvalue weighted by Gasteiger charge is -2.15. The fraction of sp³-hybridized carbons (Fsp3) is 0.900. The minimum absolute atomic E-state index is 0.00542. The molecule has 1 aliphatic rings. The van der Waals surface area contributed by atoms with Crippen molar-refractivity contribution in [3.8, 4) is 0 Å². The van der Waals surface area contributed by atoms with E-state index in [2.05, 4.69) is 5.32 Å². The summed E-state index contributed by atoms with van der Waals surface area (Å²) < 4.78 is 25.0. The lowest BCUT2D eigenvalue weighted by Crippen LogP contribution is -2.37. The largest absolute Gasteiger partial charge is 0.355 e. The first-order chi connectivity index (χ1) is 7.43. The highest BCUT2D eigenvalue weighted by Crippen LogP contribution is 2.12. The number of rotatable bonds is 5. The van der Waals surface area contributed by atoms with Crippen LogP contribution in [0.1, 0.15) is 26.7 Å². The van der Waals surface area contributed by atoms with Crippen molar-refractivity contribution in [1.82, 2.24) is 9.62 Å². The van der Waals surface area contributed by atoms with Gasteiger partial charge in [-0.25, -0.2) is 12.7 Å². The van der Waals surface area contributed by atoms with Gasteiger partial charge >= 0.3 is 0 Å². The van der Waals surface area contributed by atoms with E-state index >= 15 is 0 Å². The number of amides is 1. The molecule has 1 aliphatic heterocycles. The SMILES string of the molecule is CC(C)C(=O)NCCS(=O)(=O)N1CCCC1. The summed E-state index contributed by atoms with van der Waals surface area (Å²) in [5.74, 6) is -0.197. The number of hydrogen-bond acceptors (Lipinski definition) is 3. The van der Waals surface area contributed by atoms with Gasteiger partial charge in [-0.05, 0) is 12.8 Å². The van der Waals surface area contributed by atoms with Crippen molar-refractivity contribution in [2.75, 3.05) is 25.4 Å². The van der Waals surface area contributed by atoms with Gasteiger partial charge in [0.2, 0.25) is 15.9 Å². The second-order valence-electron chi connectivity index (χ2n) is 4.37. The molecule has 0 unspecified atom stereocenters. The Morgan fingerprint density at radius 1 is 1.31 bits per heavy atom. The summed E-state index contributed by atoms with van der Waals surface area (Å²) in [5, 5.41) is 2.62. The number of carbonyl (C=O) groups excluding carboxylic acids is 1. The Balaban J connectivity index is 2.34. The van der Waals surface area contributed by atoms with Crippen molar-refractivity contribution in [1.29, 1.82) is 0 Å². The molecule has 16 heavy (non-hydrogen) atoms. The molecule has 5 nitrogen and oxygen atoms in total. The Morgan fingerprint density at radius 2 is 1.88 bits per heavy atom. The van der Waals surface area contributed by atoms with Gasteiger partial charge in [0, 0.05) is 25.6 Å². The van der Waals surface area contributed by atoms with Crippen LogP contribution in [0.3, 0.4) is 0 Å². The molecule has 1 fully saturated rings. The van der Waals surface area contributed by atoms with Crippen molar-refractivity contribution < 1.29 is 13.2 Å². The first kappa shape index (κ1) is 13.4. The van der Waals surface area contributed by atoms with Gasteiger partial charge in [0.05, 0.1) is 5.75 Å². The number of carbonyl (C=O) groups is 1. The fourth-order valence-corrected chi connectivity index (χ4v) is 3.04. The standard InChI is InChI=1S/C10H20N2O3S/c1-9(2)10(13)11-5-8-16(14,15)12-6-3-4-7-12/h9H,3-8H2,1-2H3,(H,11,13). The maximum Gasteiger partial charge on any atom is 0.222 e. The molecule has 0 aromatic rings. The third-order valence-corrected chi connectivity index (χ3v) is 4.51. The Kier molecular flexibility index (Phi) is 4.73. The highest BCUT2D eigenvalue weighted by atomic mass is 32.2. The van der Waals surface area contributed by atoms with Crippen LogP contribution in [0.4, 0.5) is 0 Å². The van der Waals surface area contributed by atoms with Crippen molar-refractivity contribution >= 4 is 15.9 Å². The van der Waals surface area contributed by atoms with Gasteiger partial charge in [0.15, 0.2) is 0 Å². The van der Waals surface area contributed by atoms with E-state index in [9.17, 15) is 13.2 Å². The second-order valence-corrected chi connectivity index (χ2v) is 6.46. The molecular weight excluding hydrogens is 228 g/mol. The predicted molar refractivity (Wildman–Crippen MR) is 62.4 cm³/mol. The monoisotopic (exact) mass is 248 g/mol. The molecule has 0 spiro atoms. The van der Waals surface area contributed by atoms with Gasteiger partial charge in [0.1, 0.15) is 0 Å². The van der Waals surface area contributed by atoms with Crippen molar-refractivity contribution in [2.24, 2.45) is 5.92 Å². The van der Waals surface area contributed by atoms with E-state index < -0.39 is 10.0 Å². The molecule has 1 rings (SSSR count). The molecule has 0 radical (unpaired) electrons. The van der Waals surface area contributed by atoms with E-state index in [0.717, 1.165) is 12.8 Å². The zero-order valence-corrected chi connectivity index (χ0v) is 10.7. The quantitative estimate of drug-likeness (QED) is 0.755. The lowest BCUT2D eigenvalue weighted by atomic mass is 10.2. The Labute approximate surface area is 97.2 Å². The maximum atomic E-state index is 11.8. The summed E-state index contributed by atoms with van der Waals surface area (Å²) in [7, 11) is -3.16. The van der Waals surface area contributed by atoms with Crippen molar-refractivity contribution in [3.63, 3.8) is 0 Å². The summed E-state index contributed by atoms with van der Waals surface area (Å²) in [6.45, 7) is 5.02. The zero-order chi connectivity index (χ0) is 12.2. The average Bonchev–Trinajstić information content (AvgIpc) is 2.70. The first-order valence-corrected chi connectivity index (χ1v) is 7.30. The second kappa shape index (κ2) is 5.63. The number of nitrogens with one attached hydrogen (secondary N) is 1. The van der Waals surface area contributed by atoms with Crippen LogP contribution in [-0.2, 0) is 14.8 Å². The molecule has 6 heteroatoms. The van der Waals surface area contributed by atoms with Crippen LogP contribution in [0.15, 0.2) is 0 Å². The number of nitrogens with zero attached hydrogens (tertiary/aromatic N) is 1. The molecule has 0 aliphatic carbocycles. The molecule has 0 bridgehead atoms. The summed E-state index contributed by atoms with van der Waals surface area (Å²) in [4.78, 5) is 11.2.